The first-order valence-electron chi connectivity index (χ1n) is 10.8. The van der Waals surface area contributed by atoms with E-state index < -0.39 is 0 Å². The van der Waals surface area contributed by atoms with Crippen LogP contribution in [0.3, 0.4) is 0 Å². The largest absolute Gasteiger partial charge is 0.450 e. The summed E-state index contributed by atoms with van der Waals surface area (Å²) in [6, 6.07) is 3.69. The van der Waals surface area contributed by atoms with E-state index in [1.807, 2.05) is 24.8 Å². The molecular weight excluding hydrogens is 462 g/mol. The summed E-state index contributed by atoms with van der Waals surface area (Å²) in [5, 5.41) is 0. The van der Waals surface area contributed by atoms with Crippen LogP contribution in [0, 0.1) is 6.92 Å². The molecule has 0 atom stereocenters. The predicted octanol–water partition coefficient (Wildman–Crippen LogP) is 2.50. The van der Waals surface area contributed by atoms with Gasteiger partial charge in [0.05, 0.1) is 17.1 Å². The van der Waals surface area contributed by atoms with E-state index in [4.69, 9.17) is 21.9 Å². The van der Waals surface area contributed by atoms with Crippen LogP contribution in [-0.4, -0.2) is 74.8 Å². The Kier molecular flexibility index (Phi) is 6.71. The van der Waals surface area contributed by atoms with Crippen molar-refractivity contribution in [3.8, 4) is 0 Å². The normalized spacial score (nSPS) is 18.0. The van der Waals surface area contributed by atoms with E-state index in [0.717, 1.165) is 5.56 Å². The summed E-state index contributed by atoms with van der Waals surface area (Å²) in [6.07, 6.45) is 2.93. The Labute approximate surface area is 201 Å². The maximum Gasteiger partial charge on any atom is 0.409 e. The van der Waals surface area contributed by atoms with Crippen molar-refractivity contribution in [3.05, 3.63) is 44.7 Å². The lowest BCUT2D eigenvalue weighted by atomic mass is 10.2. The molecular formula is C22H25N5O4S2. The highest BCUT2D eigenvalue weighted by molar-refractivity contribution is 8.26. The van der Waals surface area contributed by atoms with Gasteiger partial charge in [-0.15, -0.1) is 0 Å². The fourth-order valence-electron chi connectivity index (χ4n) is 3.89. The van der Waals surface area contributed by atoms with Crippen molar-refractivity contribution in [2.45, 2.75) is 20.8 Å². The molecule has 0 aromatic carbocycles. The van der Waals surface area contributed by atoms with Gasteiger partial charge < -0.3 is 14.5 Å². The minimum absolute atomic E-state index is 0.209. The summed E-state index contributed by atoms with van der Waals surface area (Å²) in [7, 11) is 0. The number of hydrogen-bond acceptors (Lipinski definition) is 8. The first kappa shape index (κ1) is 23.2. The van der Waals surface area contributed by atoms with Crippen molar-refractivity contribution >= 4 is 57.8 Å². The van der Waals surface area contributed by atoms with Gasteiger partial charge in [-0.25, -0.2) is 9.78 Å². The summed E-state index contributed by atoms with van der Waals surface area (Å²) in [5.41, 5.74) is 1.50. The molecule has 2 amide bonds. The van der Waals surface area contributed by atoms with Crippen LogP contribution in [0.4, 0.5) is 10.6 Å². The molecule has 11 heteroatoms. The number of aromatic nitrogens is 2. The smallest absolute Gasteiger partial charge is 0.409 e. The van der Waals surface area contributed by atoms with Crippen LogP contribution in [0.2, 0.25) is 0 Å². The van der Waals surface area contributed by atoms with Crippen molar-refractivity contribution in [1.82, 2.24) is 19.2 Å². The van der Waals surface area contributed by atoms with Gasteiger partial charge in [0, 0.05) is 38.9 Å². The van der Waals surface area contributed by atoms with Gasteiger partial charge in [0.1, 0.15) is 15.8 Å². The van der Waals surface area contributed by atoms with E-state index in [0.29, 0.717) is 65.6 Å². The zero-order valence-electron chi connectivity index (χ0n) is 18.7. The topological polar surface area (TPSA) is 87.5 Å². The molecule has 0 unspecified atom stereocenters. The first-order chi connectivity index (χ1) is 15.8. The van der Waals surface area contributed by atoms with Crippen molar-refractivity contribution in [1.29, 1.82) is 0 Å². The zero-order chi connectivity index (χ0) is 23.7. The molecule has 2 aromatic rings. The second kappa shape index (κ2) is 9.52. The van der Waals surface area contributed by atoms with Gasteiger partial charge in [-0.3, -0.25) is 18.9 Å². The molecule has 4 heterocycles. The average molecular weight is 488 g/mol. The van der Waals surface area contributed by atoms with E-state index in [9.17, 15) is 14.4 Å². The van der Waals surface area contributed by atoms with Gasteiger partial charge in [-0.05, 0) is 38.5 Å². The van der Waals surface area contributed by atoms with Crippen LogP contribution in [0.25, 0.3) is 11.7 Å². The van der Waals surface area contributed by atoms with Gasteiger partial charge in [0.25, 0.3) is 11.5 Å². The number of thioether (sulfide) groups is 1. The molecule has 4 rings (SSSR count). The maximum atomic E-state index is 13.5. The van der Waals surface area contributed by atoms with Crippen molar-refractivity contribution in [2.75, 3.05) is 44.2 Å². The molecule has 0 radical (unpaired) electrons. The molecule has 2 aromatic heterocycles. The lowest BCUT2D eigenvalue weighted by Gasteiger charge is -2.35. The molecule has 174 valence electrons. The third kappa shape index (κ3) is 4.34. The van der Waals surface area contributed by atoms with Crippen LogP contribution in [-0.2, 0) is 9.53 Å². The number of thiocarbonyl (C=S) groups is 1. The Balaban J connectivity index is 1.78. The van der Waals surface area contributed by atoms with E-state index in [1.165, 1.54) is 21.1 Å². The fraction of sp³-hybridized carbons (Fsp3) is 0.409. The van der Waals surface area contributed by atoms with Crippen molar-refractivity contribution in [3.63, 3.8) is 0 Å². The molecule has 2 saturated heterocycles. The summed E-state index contributed by atoms with van der Waals surface area (Å²) in [4.78, 5) is 48.8. The third-order valence-electron chi connectivity index (χ3n) is 5.63. The second-order valence-corrected chi connectivity index (χ2v) is 9.31. The Morgan fingerprint density at radius 2 is 1.97 bits per heavy atom. The Bertz CT molecular complexity index is 1220. The number of nitrogens with zero attached hydrogens (tertiary/aromatic N) is 5. The van der Waals surface area contributed by atoms with Gasteiger partial charge >= 0.3 is 6.09 Å². The maximum absolute atomic E-state index is 13.5. The number of piperazine rings is 1. The van der Waals surface area contributed by atoms with E-state index >= 15 is 0 Å². The Morgan fingerprint density at radius 3 is 2.61 bits per heavy atom. The highest BCUT2D eigenvalue weighted by Gasteiger charge is 2.32. The summed E-state index contributed by atoms with van der Waals surface area (Å²) in [6.45, 7) is 8.20. The molecule has 0 bridgehead atoms. The molecule has 33 heavy (non-hydrogen) atoms. The van der Waals surface area contributed by atoms with Crippen LogP contribution in [0.15, 0.2) is 28.0 Å². The number of carbonyl (C=O) groups excluding carboxylic acids is 2. The monoisotopic (exact) mass is 487 g/mol. The van der Waals surface area contributed by atoms with E-state index in [2.05, 4.69) is 0 Å². The lowest BCUT2D eigenvalue weighted by molar-refractivity contribution is -0.121. The lowest BCUT2D eigenvalue weighted by Crippen LogP contribution is -2.49. The highest BCUT2D eigenvalue weighted by atomic mass is 32.2. The van der Waals surface area contributed by atoms with Crippen LogP contribution in [0.5, 0.6) is 0 Å². The van der Waals surface area contributed by atoms with Crippen molar-refractivity contribution in [2.24, 2.45) is 0 Å². The second-order valence-electron chi connectivity index (χ2n) is 7.64. The summed E-state index contributed by atoms with van der Waals surface area (Å²) in [5.74, 6) is 0.291. The number of anilines is 1. The quantitative estimate of drug-likeness (QED) is 0.480. The average Bonchev–Trinajstić information content (AvgIpc) is 3.08. The number of hydrogen-bond donors (Lipinski definition) is 0. The molecule has 0 spiro atoms. The molecule has 0 saturated carbocycles. The van der Waals surface area contributed by atoms with Crippen LogP contribution in [0.1, 0.15) is 25.0 Å². The minimum atomic E-state index is -0.344. The SMILES string of the molecule is CCOC(=O)N1CCN(c2nc3c(C)cccn3c(=O)c2/C=C2\SC(=S)N(CC)C2=O)CC1. The minimum Gasteiger partial charge on any atom is -0.450 e. The number of aryl methyl sites for hydroxylation is 1. The highest BCUT2D eigenvalue weighted by Crippen LogP contribution is 2.33. The molecule has 2 aliphatic heterocycles. The fourth-order valence-corrected chi connectivity index (χ4v) is 5.25. The molecule has 9 nitrogen and oxygen atoms in total. The number of rotatable bonds is 4. The summed E-state index contributed by atoms with van der Waals surface area (Å²) < 4.78 is 7.08. The Morgan fingerprint density at radius 1 is 1.24 bits per heavy atom. The molecule has 0 aliphatic carbocycles. The molecule has 0 N–H and O–H groups in total. The number of carbonyl (C=O) groups is 2. The van der Waals surface area contributed by atoms with E-state index in [-0.39, 0.29) is 17.6 Å². The summed E-state index contributed by atoms with van der Waals surface area (Å²) >= 11 is 6.51. The standard InChI is InChI=1S/C22H25N5O4S2/c1-4-26-20(29)16(33-22(26)32)13-15-18(23-17-14(3)7-6-8-27(17)19(15)28)24-9-11-25(12-10-24)21(30)31-5-2/h6-8,13H,4-5,9-12H2,1-3H3/b16-13-. The molecule has 2 aliphatic rings. The van der Waals surface area contributed by atoms with E-state index in [1.54, 1.807) is 30.2 Å². The van der Waals surface area contributed by atoms with Crippen LogP contribution < -0.4 is 10.5 Å². The van der Waals surface area contributed by atoms with Gasteiger partial charge in [0.2, 0.25) is 0 Å². The third-order valence-corrected chi connectivity index (χ3v) is 7.01. The van der Waals surface area contributed by atoms with Gasteiger partial charge in [-0.2, -0.15) is 0 Å². The number of likely N-dealkylation sites (N-methyl/N-ethyl adjacent to an activating group) is 1. The first-order valence-corrected chi connectivity index (χ1v) is 12.0. The van der Waals surface area contributed by atoms with Gasteiger partial charge in [-0.1, -0.05) is 30.0 Å². The van der Waals surface area contributed by atoms with Gasteiger partial charge in [0.15, 0.2) is 0 Å². The number of fused-ring (bicyclic) bond motifs is 1. The Hall–Kier alpha value is -2.92. The predicted molar refractivity (Wildman–Crippen MR) is 133 cm³/mol. The van der Waals surface area contributed by atoms with Crippen molar-refractivity contribution < 1.29 is 14.3 Å². The number of amides is 2. The zero-order valence-corrected chi connectivity index (χ0v) is 20.4. The molecule has 2 fully saturated rings. The number of pyridine rings is 1. The number of ether oxygens (including phenoxy) is 1. The van der Waals surface area contributed by atoms with Crippen LogP contribution >= 0.6 is 24.0 Å².